The molecule has 0 saturated carbocycles. The molecule has 0 spiro atoms. The van der Waals surface area contributed by atoms with Crippen LogP contribution in [0.5, 0.6) is 0 Å². The molecule has 1 amide bonds. The number of carbonyl (C=O) groups is 2. The summed E-state index contributed by atoms with van der Waals surface area (Å²) in [6.45, 7) is 0.319. The zero-order valence-corrected chi connectivity index (χ0v) is 12.0. The van der Waals surface area contributed by atoms with Gasteiger partial charge in [-0.3, -0.25) is 4.79 Å². The third-order valence-electron chi connectivity index (χ3n) is 2.78. The Morgan fingerprint density at radius 2 is 2.10 bits per heavy atom. The van der Waals surface area contributed by atoms with Crippen molar-refractivity contribution in [1.82, 2.24) is 0 Å². The monoisotopic (exact) mass is 308 g/mol. The minimum absolute atomic E-state index is 0.187. The molecule has 0 radical (unpaired) electrons. The molecule has 110 valence electrons. The lowest BCUT2D eigenvalue weighted by molar-refractivity contribution is 0.0600. The molecule has 1 heterocycles. The molecular weight excluding hydrogens is 295 g/mol. The number of rotatable bonds is 5. The highest BCUT2D eigenvalue weighted by molar-refractivity contribution is 7.10. The van der Waals surface area contributed by atoms with Crippen molar-refractivity contribution in [3.63, 3.8) is 0 Å². The van der Waals surface area contributed by atoms with Gasteiger partial charge in [-0.2, -0.15) is 0 Å². The van der Waals surface area contributed by atoms with Gasteiger partial charge >= 0.3 is 5.97 Å². The number of thiophene rings is 1. The van der Waals surface area contributed by atoms with Crippen LogP contribution in [0.3, 0.4) is 0 Å². The summed E-state index contributed by atoms with van der Waals surface area (Å²) < 4.78 is 18.3. The summed E-state index contributed by atoms with van der Waals surface area (Å²) in [7, 11) is 1.26. The van der Waals surface area contributed by atoms with E-state index in [0.29, 0.717) is 12.1 Å². The third-order valence-corrected chi connectivity index (χ3v) is 3.72. The van der Waals surface area contributed by atoms with Gasteiger partial charge in [0.2, 0.25) is 5.91 Å². The molecule has 7 heteroatoms. The van der Waals surface area contributed by atoms with Gasteiger partial charge in [0.15, 0.2) is 0 Å². The molecule has 0 bridgehead atoms. The molecule has 5 nitrogen and oxygen atoms in total. The fraction of sp³-hybridized carbons (Fsp3) is 0.143. The fourth-order valence-electron chi connectivity index (χ4n) is 1.69. The number of hydrogen-bond acceptors (Lipinski definition) is 5. The van der Waals surface area contributed by atoms with Crippen molar-refractivity contribution >= 4 is 28.9 Å². The molecule has 1 aromatic heterocycles. The Morgan fingerprint density at radius 1 is 1.33 bits per heavy atom. The SMILES string of the molecule is COC(=O)c1ccc(F)c(NCc2cc(C(N)=O)cs2)c1. The highest BCUT2D eigenvalue weighted by atomic mass is 32.1. The maximum atomic E-state index is 13.7. The van der Waals surface area contributed by atoms with Gasteiger partial charge in [0.05, 0.1) is 23.9 Å². The van der Waals surface area contributed by atoms with Gasteiger partial charge in [0.1, 0.15) is 5.82 Å². The van der Waals surface area contributed by atoms with E-state index in [4.69, 9.17) is 5.73 Å². The van der Waals surface area contributed by atoms with Gasteiger partial charge in [-0.1, -0.05) is 0 Å². The average molecular weight is 308 g/mol. The van der Waals surface area contributed by atoms with Crippen LogP contribution < -0.4 is 11.1 Å². The number of methoxy groups -OCH3 is 1. The molecule has 3 N–H and O–H groups in total. The first-order valence-electron chi connectivity index (χ1n) is 6.00. The third kappa shape index (κ3) is 3.57. The molecule has 1 aromatic carbocycles. The Hall–Kier alpha value is -2.41. The van der Waals surface area contributed by atoms with Gasteiger partial charge in [-0.25, -0.2) is 9.18 Å². The molecule has 0 unspecified atom stereocenters. The number of benzene rings is 1. The molecule has 21 heavy (non-hydrogen) atoms. The van der Waals surface area contributed by atoms with Crippen LogP contribution in [0.1, 0.15) is 25.6 Å². The van der Waals surface area contributed by atoms with Crippen molar-refractivity contribution in [1.29, 1.82) is 0 Å². The van der Waals surface area contributed by atoms with Crippen LogP contribution in [0.4, 0.5) is 10.1 Å². The lowest BCUT2D eigenvalue weighted by atomic mass is 10.2. The average Bonchev–Trinajstić information content (AvgIpc) is 2.94. The molecule has 0 fully saturated rings. The summed E-state index contributed by atoms with van der Waals surface area (Å²) in [5, 5.41) is 4.52. The second kappa shape index (κ2) is 6.36. The number of primary amides is 1. The van der Waals surface area contributed by atoms with Crippen molar-refractivity contribution in [3.8, 4) is 0 Å². The number of nitrogens with one attached hydrogen (secondary N) is 1. The van der Waals surface area contributed by atoms with Gasteiger partial charge < -0.3 is 15.8 Å². The van der Waals surface area contributed by atoms with E-state index in [-0.39, 0.29) is 11.3 Å². The van der Waals surface area contributed by atoms with Gasteiger partial charge in [-0.15, -0.1) is 11.3 Å². The number of esters is 1. The van der Waals surface area contributed by atoms with Crippen LogP contribution in [-0.2, 0) is 11.3 Å². The normalized spacial score (nSPS) is 10.2. The van der Waals surface area contributed by atoms with Crippen LogP contribution in [-0.4, -0.2) is 19.0 Å². The number of hydrogen-bond donors (Lipinski definition) is 2. The maximum absolute atomic E-state index is 13.7. The first kappa shape index (κ1) is 15.0. The van der Waals surface area contributed by atoms with Gasteiger partial charge in [0.25, 0.3) is 0 Å². The van der Waals surface area contributed by atoms with Crippen molar-refractivity contribution in [2.75, 3.05) is 12.4 Å². The van der Waals surface area contributed by atoms with Gasteiger partial charge in [0, 0.05) is 16.8 Å². The molecular formula is C14H13FN2O3S. The van der Waals surface area contributed by atoms with Crippen LogP contribution in [0.25, 0.3) is 0 Å². The Kier molecular flexibility index (Phi) is 4.54. The number of carbonyl (C=O) groups excluding carboxylic acids is 2. The van der Waals surface area contributed by atoms with Crippen LogP contribution in [0.15, 0.2) is 29.6 Å². The van der Waals surface area contributed by atoms with E-state index in [0.717, 1.165) is 4.88 Å². The molecule has 0 aliphatic rings. The first-order valence-corrected chi connectivity index (χ1v) is 6.88. The van der Waals surface area contributed by atoms with Crippen LogP contribution in [0, 0.1) is 5.82 Å². The van der Waals surface area contributed by atoms with Crippen LogP contribution in [0.2, 0.25) is 0 Å². The predicted octanol–water partition coefficient (Wildman–Crippen LogP) is 2.38. The number of halogens is 1. The van der Waals surface area contributed by atoms with E-state index in [2.05, 4.69) is 10.1 Å². The summed E-state index contributed by atoms with van der Waals surface area (Å²) in [5.41, 5.74) is 6.02. The lowest BCUT2D eigenvalue weighted by Crippen LogP contribution is -2.09. The number of anilines is 1. The van der Waals surface area contributed by atoms with E-state index in [1.54, 1.807) is 11.4 Å². The van der Waals surface area contributed by atoms with Crippen molar-refractivity contribution in [2.45, 2.75) is 6.54 Å². The van der Waals surface area contributed by atoms with Crippen LogP contribution >= 0.6 is 11.3 Å². The zero-order valence-electron chi connectivity index (χ0n) is 11.2. The predicted molar refractivity (Wildman–Crippen MR) is 77.9 cm³/mol. The van der Waals surface area contributed by atoms with E-state index in [1.807, 2.05) is 0 Å². The fourth-order valence-corrected chi connectivity index (χ4v) is 2.50. The number of nitrogens with two attached hydrogens (primary N) is 1. The van der Waals surface area contributed by atoms with Crippen molar-refractivity contribution < 1.29 is 18.7 Å². The summed E-state index contributed by atoms with van der Waals surface area (Å²) in [5.74, 6) is -1.52. The Bertz CT molecular complexity index is 685. The number of amides is 1. The molecule has 0 aliphatic carbocycles. The zero-order chi connectivity index (χ0) is 15.4. The highest BCUT2D eigenvalue weighted by Gasteiger charge is 2.10. The molecule has 0 atom stereocenters. The van der Waals surface area contributed by atoms with Crippen molar-refractivity contribution in [3.05, 3.63) is 51.5 Å². The number of ether oxygens (including phenoxy) is 1. The lowest BCUT2D eigenvalue weighted by Gasteiger charge is -2.08. The standard InChI is InChI=1S/C14H13FN2O3S/c1-20-14(19)8-2-3-11(15)12(5-8)17-6-10-4-9(7-21-10)13(16)18/h2-5,7,17H,6H2,1H3,(H2,16,18). The second-order valence-electron chi connectivity index (χ2n) is 4.21. The first-order chi connectivity index (χ1) is 10.0. The summed E-state index contributed by atoms with van der Waals surface area (Å²) in [4.78, 5) is 23.2. The molecule has 0 saturated heterocycles. The largest absolute Gasteiger partial charge is 0.465 e. The van der Waals surface area contributed by atoms with E-state index in [9.17, 15) is 14.0 Å². The Balaban J connectivity index is 2.11. The molecule has 0 aliphatic heterocycles. The quantitative estimate of drug-likeness (QED) is 0.831. The summed E-state index contributed by atoms with van der Waals surface area (Å²) >= 11 is 1.34. The smallest absolute Gasteiger partial charge is 0.337 e. The molecule has 2 aromatic rings. The van der Waals surface area contributed by atoms with E-state index in [1.165, 1.54) is 36.6 Å². The summed E-state index contributed by atoms with van der Waals surface area (Å²) in [6, 6.07) is 5.56. The topological polar surface area (TPSA) is 81.4 Å². The molecule has 2 rings (SSSR count). The Labute approximate surface area is 124 Å². The second-order valence-corrected chi connectivity index (χ2v) is 5.20. The van der Waals surface area contributed by atoms with E-state index < -0.39 is 17.7 Å². The minimum atomic E-state index is -0.537. The maximum Gasteiger partial charge on any atom is 0.337 e. The van der Waals surface area contributed by atoms with Crippen molar-refractivity contribution in [2.24, 2.45) is 5.73 Å². The van der Waals surface area contributed by atoms with E-state index >= 15 is 0 Å². The Morgan fingerprint density at radius 3 is 2.71 bits per heavy atom. The summed E-state index contributed by atoms with van der Waals surface area (Å²) in [6.07, 6.45) is 0. The van der Waals surface area contributed by atoms with Gasteiger partial charge in [-0.05, 0) is 24.3 Å². The minimum Gasteiger partial charge on any atom is -0.465 e. The highest BCUT2D eigenvalue weighted by Crippen LogP contribution is 2.20.